The van der Waals surface area contributed by atoms with E-state index in [4.69, 9.17) is 4.80 Å². The van der Waals surface area contributed by atoms with Gasteiger partial charge in [0.1, 0.15) is 33.2 Å². The summed E-state index contributed by atoms with van der Waals surface area (Å²) < 4.78 is 47.7. The van der Waals surface area contributed by atoms with E-state index in [1.807, 2.05) is 23.3 Å². The molecule has 0 aliphatic carbocycles. The van der Waals surface area contributed by atoms with E-state index < -0.39 is 34.9 Å². The molecule has 0 amide bonds. The fourth-order valence-corrected chi connectivity index (χ4v) is 0. The van der Waals surface area contributed by atoms with Gasteiger partial charge in [-0.05, 0) is 35.6 Å². The van der Waals surface area contributed by atoms with Crippen LogP contribution in [0.25, 0.3) is 0 Å². The predicted molar refractivity (Wildman–Crippen MR) is 213 cm³/mol. The Morgan fingerprint density at radius 3 is 1.06 bits per heavy atom. The Labute approximate surface area is 264 Å². The molecule has 0 saturated carbocycles. The molecule has 36 heavy (non-hydrogen) atoms. The third kappa shape index (κ3) is 512. The highest BCUT2D eigenvalue weighted by molar-refractivity contribution is 7.10. The van der Waals surface area contributed by atoms with Gasteiger partial charge >= 0.3 is 5.80 Å². The molecule has 0 spiro atoms. The highest BCUT2D eigenvalue weighted by Crippen LogP contribution is 2.10. The minimum Gasteiger partial charge on any atom is -0.438 e. The van der Waals surface area contributed by atoms with E-state index in [9.17, 15) is 17.3 Å². The van der Waals surface area contributed by atoms with Crippen LogP contribution in [0, 0.1) is 0 Å². The van der Waals surface area contributed by atoms with Gasteiger partial charge < -0.3 is 13.3 Å². The van der Waals surface area contributed by atoms with Crippen molar-refractivity contribution in [1.82, 2.24) is 0 Å². The van der Waals surface area contributed by atoms with E-state index in [0.29, 0.717) is 37.8 Å². The van der Waals surface area contributed by atoms with E-state index in [2.05, 4.69) is 78.3 Å². The fourth-order valence-electron chi connectivity index (χ4n) is 0. The molecule has 19 heteroatoms. The van der Waals surface area contributed by atoms with Crippen LogP contribution in [0.1, 0.15) is 6.92 Å². The molecule has 0 rings (SSSR count). The summed E-state index contributed by atoms with van der Waals surface area (Å²) in [4.78, 5) is 7.71. The van der Waals surface area contributed by atoms with E-state index in [1.165, 1.54) is 22.8 Å². The van der Waals surface area contributed by atoms with Crippen molar-refractivity contribution in [3.05, 3.63) is 0 Å². The summed E-state index contributed by atoms with van der Waals surface area (Å²) in [5.74, 6) is -3.82. The van der Waals surface area contributed by atoms with Gasteiger partial charge in [0.2, 0.25) is 9.85 Å². The van der Waals surface area contributed by atoms with Crippen molar-refractivity contribution in [1.29, 1.82) is 0 Å². The van der Waals surface area contributed by atoms with Crippen LogP contribution in [0.15, 0.2) is 0 Å². The van der Waals surface area contributed by atoms with Gasteiger partial charge in [-0.15, -0.1) is 0 Å². The maximum Gasteiger partial charge on any atom is 0.354 e. The second-order valence-corrected chi connectivity index (χ2v) is 17.5. The Kier molecular flexibility index (Phi) is 215. The first-order valence-electron chi connectivity index (χ1n) is 13.7. The van der Waals surface area contributed by atoms with Crippen molar-refractivity contribution in [2.24, 2.45) is 0 Å². The molecule has 2 nitrogen and oxygen atoms in total. The molecule has 0 unspecified atom stereocenters. The minimum atomic E-state index is -3.82. The van der Waals surface area contributed by atoms with Crippen molar-refractivity contribution in [2.75, 3.05) is 7.11 Å². The largest absolute Gasteiger partial charge is 0.438 e. The average molecular weight is 715 g/mol. The Morgan fingerprint density at radius 1 is 0.944 bits per heavy atom. The van der Waals surface area contributed by atoms with Gasteiger partial charge in [0, 0.05) is 36.4 Å². The standard InChI is InChI=1S/C3H11BSi.C3H10Si.C2H5F3Si.C2H8OSi.C2H8Si.CH7BSi.CH5FSi.CH6OSi.CH6Si.CH5Si.Al.2H/c1-4(2)5-3;1-3-4-2;1-6-2(3,4)5;1-3-4-2;4*1-3-2;2*1-2;;;/h5H2,1-3H3;3-4H2,1-2H3;6H2,1H3;4H2,1-2H3;3H2,1-2H3;2-3H2,1H3;3H2,1H3;2H,3H2,1H3;1-2H3;2H2,1H3;;;. The van der Waals surface area contributed by atoms with E-state index in [0.717, 1.165) is 6.31 Å². The van der Waals surface area contributed by atoms with Gasteiger partial charge in [0.15, 0.2) is 19.5 Å². The number of alkyl halides is 3. The zero-order valence-corrected chi connectivity index (χ0v) is 45.2. The molecule has 0 heterocycles. The van der Waals surface area contributed by atoms with Crippen molar-refractivity contribution in [2.45, 2.75) is 104 Å². The Bertz CT molecular complexity index is 205. The first-order valence-corrected chi connectivity index (χ1v) is 35.6. The van der Waals surface area contributed by atoms with Crippen LogP contribution in [0.2, 0.25) is 91.7 Å². The lowest BCUT2D eigenvalue weighted by Crippen LogP contribution is -2.13. The zero-order chi connectivity index (χ0) is 31.1. The second-order valence-electron chi connectivity index (χ2n) is 6.35. The van der Waals surface area contributed by atoms with Crippen LogP contribution in [0.3, 0.4) is 0 Å². The maximum absolute atomic E-state index is 10.8. The number of hydrogen-bond acceptors (Lipinski definition) is 2. The Morgan fingerprint density at radius 2 is 1.06 bits per heavy atom. The molecule has 230 valence electrons. The van der Waals surface area contributed by atoms with E-state index in [1.54, 1.807) is 13.7 Å². The molecule has 0 bridgehead atoms. The first kappa shape index (κ1) is 71.6. The topological polar surface area (TPSA) is 29.5 Å². The van der Waals surface area contributed by atoms with Gasteiger partial charge in [-0.1, -0.05) is 92.1 Å². The molecule has 0 aliphatic heterocycles. The second kappa shape index (κ2) is 108. The van der Waals surface area contributed by atoms with Crippen molar-refractivity contribution >= 4 is 128 Å². The lowest BCUT2D eigenvalue weighted by molar-refractivity contribution is -0.0464. The summed E-state index contributed by atoms with van der Waals surface area (Å²) >= 11 is 0. The summed E-state index contributed by atoms with van der Waals surface area (Å²) in [7, 11) is 5.29. The van der Waals surface area contributed by atoms with Crippen molar-refractivity contribution < 1.29 is 26.5 Å². The van der Waals surface area contributed by atoms with Gasteiger partial charge in [-0.3, -0.25) is 0 Å². The molecule has 0 aromatic rings. The highest BCUT2D eigenvalue weighted by Gasteiger charge is 2.22. The Hall–Kier alpha value is 2.47. The summed E-state index contributed by atoms with van der Waals surface area (Å²) in [5, 5.41) is 0. The summed E-state index contributed by atoms with van der Waals surface area (Å²) in [5.41, 5.74) is 0. The summed E-state index contributed by atoms with van der Waals surface area (Å²) in [6.07, 6.45) is 1.02. The predicted octanol–water partition coefficient (Wildman–Crippen LogP) is -2.06. The highest BCUT2D eigenvalue weighted by atomic mass is 28.3. The smallest absolute Gasteiger partial charge is 0.354 e. The molecule has 2 radical (unpaired) electrons. The lowest BCUT2D eigenvalue weighted by Gasteiger charge is -1.96. The van der Waals surface area contributed by atoms with Crippen LogP contribution in [0.4, 0.5) is 17.3 Å². The van der Waals surface area contributed by atoms with E-state index in [-0.39, 0.29) is 27.1 Å². The summed E-state index contributed by atoms with van der Waals surface area (Å²) in [6, 6.07) is 1.46. The SMILES string of the molecule is B[SiH2]C.CC[SiH2]C.CO[SiH2]C.C[SiH2].C[SiH2]B(C)C.C[SiH2]C.C[SiH2]C(F)(F)F.C[SiH2]F.C[SiH2]O.C[SiH3].[AlH2]. The molecule has 0 aromatic carbocycles. The maximum atomic E-state index is 10.8. The third-order valence-corrected chi connectivity index (χ3v) is 6.02. The van der Waals surface area contributed by atoms with Crippen LogP contribution in [-0.4, -0.2) is 146 Å². The first-order chi connectivity index (χ1) is 16.3. The fraction of sp³-hybridized carbons (Fsp3) is 1.00. The molecular weight excluding hydrogens is 642 g/mol. The quantitative estimate of drug-likeness (QED) is 0.207. The van der Waals surface area contributed by atoms with Gasteiger partial charge in [0.05, 0.1) is 7.44 Å². The number of hydrogen-bond donors (Lipinski definition) is 1. The van der Waals surface area contributed by atoms with Gasteiger partial charge in [-0.2, -0.15) is 13.2 Å². The van der Waals surface area contributed by atoms with Crippen LogP contribution in [0.5, 0.6) is 0 Å². The molecule has 0 fully saturated rings. The third-order valence-electron chi connectivity index (χ3n) is 2.01. The van der Waals surface area contributed by atoms with Crippen LogP contribution < -0.4 is 0 Å². The minimum absolute atomic E-state index is 0. The lowest BCUT2D eigenvalue weighted by atomic mass is 9.84. The normalized spacial score (nSPS) is 9.47. The molecule has 0 atom stereocenters. The molecule has 0 saturated heterocycles. The van der Waals surface area contributed by atoms with Gasteiger partial charge in [-0.25, -0.2) is 0 Å². The van der Waals surface area contributed by atoms with Crippen LogP contribution in [-0.2, 0) is 4.43 Å². The van der Waals surface area contributed by atoms with Crippen LogP contribution >= 0.6 is 0 Å². The average Bonchev–Trinajstić information content (AvgIpc) is 2.84. The Balaban J connectivity index is -0.0000000218. The van der Waals surface area contributed by atoms with Crippen molar-refractivity contribution in [3.63, 3.8) is 0 Å². The van der Waals surface area contributed by atoms with E-state index >= 15 is 0 Å². The van der Waals surface area contributed by atoms with Gasteiger partial charge in [0.25, 0.3) is 0 Å². The molecule has 1 N–H and O–H groups in total. The summed E-state index contributed by atoms with van der Waals surface area (Å²) in [6.45, 7) is 29.2. The zero-order valence-electron chi connectivity index (χ0n) is 28.5. The molecule has 0 aliphatic rings. The molecular formula is C17H73AlB2F4O2Si10. The monoisotopic (exact) mass is 714 g/mol. The number of halogens is 4. The molecule has 0 aromatic heterocycles. The number of rotatable bonds is 3. The van der Waals surface area contributed by atoms with Crippen molar-refractivity contribution in [3.8, 4) is 0 Å².